The average molecular weight is 555 g/mol. The van der Waals surface area contributed by atoms with E-state index in [4.69, 9.17) is 4.74 Å². The fraction of sp³-hybridized carbons (Fsp3) is 0.194. The number of allylic oxidation sites excluding steroid dienone is 1. The predicted octanol–water partition coefficient (Wildman–Crippen LogP) is 6.25. The number of para-hydroxylation sites is 2. The third-order valence-corrected chi connectivity index (χ3v) is 9.13. The van der Waals surface area contributed by atoms with Crippen LogP contribution < -0.4 is 15.0 Å². The van der Waals surface area contributed by atoms with Gasteiger partial charge in [-0.3, -0.25) is 14.4 Å². The summed E-state index contributed by atoms with van der Waals surface area (Å²) in [5, 5.41) is 3.09. The molecule has 208 valence electrons. The minimum absolute atomic E-state index is 0.235. The first-order chi connectivity index (χ1) is 20.4. The first-order valence-electron chi connectivity index (χ1n) is 14.1. The van der Waals surface area contributed by atoms with Crippen molar-refractivity contribution in [2.24, 2.45) is 5.92 Å². The van der Waals surface area contributed by atoms with Crippen LogP contribution in [0.1, 0.15) is 44.3 Å². The molecule has 1 N–H and O–H groups in total. The highest BCUT2D eigenvalue weighted by atomic mass is 16.5. The minimum Gasteiger partial charge on any atom is -0.497 e. The van der Waals surface area contributed by atoms with Crippen LogP contribution >= 0.6 is 0 Å². The highest BCUT2D eigenvalue weighted by Gasteiger charge is 2.70. The summed E-state index contributed by atoms with van der Waals surface area (Å²) in [5.74, 6) is -1.20. The zero-order chi connectivity index (χ0) is 29.2. The Kier molecular flexibility index (Phi) is 5.91. The number of amides is 1. The Morgan fingerprint density at radius 1 is 0.833 bits per heavy atom. The molecule has 0 saturated carbocycles. The molecule has 3 aliphatic heterocycles. The van der Waals surface area contributed by atoms with Crippen LogP contribution in [0.5, 0.6) is 5.75 Å². The summed E-state index contributed by atoms with van der Waals surface area (Å²) >= 11 is 0. The van der Waals surface area contributed by atoms with Crippen molar-refractivity contribution < 1.29 is 19.1 Å². The molecule has 0 unspecified atom stereocenters. The van der Waals surface area contributed by atoms with Gasteiger partial charge in [-0.25, -0.2) is 0 Å². The largest absolute Gasteiger partial charge is 0.497 e. The number of aryl methyl sites for hydroxylation is 1. The number of nitrogens with zero attached hydrogens (tertiary/aromatic N) is 1. The normalized spacial score (nSPS) is 23.5. The maximum absolute atomic E-state index is 14.9. The van der Waals surface area contributed by atoms with E-state index in [0.717, 1.165) is 28.0 Å². The van der Waals surface area contributed by atoms with Gasteiger partial charge in [0, 0.05) is 28.1 Å². The number of anilines is 2. The lowest BCUT2D eigenvalue weighted by atomic mass is 9.64. The van der Waals surface area contributed by atoms with Crippen LogP contribution in [0.2, 0.25) is 0 Å². The summed E-state index contributed by atoms with van der Waals surface area (Å²) in [5.41, 5.74) is 4.79. The van der Waals surface area contributed by atoms with Gasteiger partial charge in [-0.15, -0.1) is 0 Å². The van der Waals surface area contributed by atoms with E-state index < -0.39 is 23.4 Å². The second kappa shape index (κ2) is 9.55. The van der Waals surface area contributed by atoms with Crippen molar-refractivity contribution in [1.82, 2.24) is 0 Å². The van der Waals surface area contributed by atoms with Crippen molar-refractivity contribution in [3.63, 3.8) is 0 Å². The third kappa shape index (κ3) is 3.54. The van der Waals surface area contributed by atoms with E-state index in [9.17, 15) is 14.4 Å². The molecule has 0 bridgehead atoms. The molecule has 3 aliphatic rings. The fourth-order valence-electron chi connectivity index (χ4n) is 7.23. The highest BCUT2D eigenvalue weighted by Crippen LogP contribution is 2.58. The van der Waals surface area contributed by atoms with Crippen LogP contribution in [0, 0.1) is 12.8 Å². The summed E-state index contributed by atoms with van der Waals surface area (Å²) in [6.07, 6.45) is 2.07. The number of ether oxygens (including phenoxy) is 1. The molecule has 4 aromatic carbocycles. The maximum atomic E-state index is 14.9. The van der Waals surface area contributed by atoms with Crippen molar-refractivity contribution in [2.45, 2.75) is 31.3 Å². The Hall–Kier alpha value is -4.97. The second-order valence-electron chi connectivity index (χ2n) is 11.3. The summed E-state index contributed by atoms with van der Waals surface area (Å²) < 4.78 is 5.45. The third-order valence-electron chi connectivity index (χ3n) is 9.13. The molecule has 3 heterocycles. The van der Waals surface area contributed by atoms with E-state index in [1.165, 1.54) is 0 Å². The number of ketones is 2. The quantitative estimate of drug-likeness (QED) is 0.295. The molecular weight excluding hydrogens is 524 g/mol. The molecular formula is C36H30N2O4. The van der Waals surface area contributed by atoms with Crippen LogP contribution in [-0.2, 0) is 10.2 Å². The van der Waals surface area contributed by atoms with E-state index >= 15 is 0 Å². The van der Waals surface area contributed by atoms with E-state index in [1.807, 2.05) is 79.4 Å². The van der Waals surface area contributed by atoms with Gasteiger partial charge in [0.2, 0.25) is 5.91 Å². The topological polar surface area (TPSA) is 75.7 Å². The number of methoxy groups -OCH3 is 1. The molecule has 6 nitrogen and oxygen atoms in total. The van der Waals surface area contributed by atoms with Gasteiger partial charge >= 0.3 is 0 Å². The molecule has 0 aromatic heterocycles. The fourth-order valence-corrected chi connectivity index (χ4v) is 7.23. The number of carbonyl (C=O) groups excluding carboxylic acids is 3. The van der Waals surface area contributed by atoms with E-state index in [1.54, 1.807) is 43.5 Å². The maximum Gasteiger partial charge on any atom is 0.238 e. The molecule has 1 fully saturated rings. The summed E-state index contributed by atoms with van der Waals surface area (Å²) in [4.78, 5) is 46.2. The molecule has 6 heteroatoms. The first-order valence-corrected chi connectivity index (χ1v) is 14.1. The van der Waals surface area contributed by atoms with Crippen molar-refractivity contribution in [2.75, 3.05) is 17.3 Å². The summed E-state index contributed by atoms with van der Waals surface area (Å²) in [6.45, 7) is 3.99. The Morgan fingerprint density at radius 2 is 1.57 bits per heavy atom. The Morgan fingerprint density at radius 3 is 2.36 bits per heavy atom. The number of nitrogens with one attached hydrogen (secondary N) is 1. The lowest BCUT2D eigenvalue weighted by Crippen LogP contribution is -2.51. The standard InChI is InChI=1S/C36H30N2O4/c1-21-15-17-23(18-16-21)33(39)31-32(34(40)24-9-8-10-25(20-24)42-3)38-29-14-7-4-11-26(29)22(2)19-30(38)36(31)27-12-5-6-13-28(27)37-35(36)41/h4-20,30-32H,1-3H3,(H,37,41)/t30-,31+,32+,36+/m1/s1. The predicted molar refractivity (Wildman–Crippen MR) is 163 cm³/mol. The molecule has 7 rings (SSSR count). The average Bonchev–Trinajstić information content (AvgIpc) is 3.49. The molecule has 42 heavy (non-hydrogen) atoms. The van der Waals surface area contributed by atoms with Crippen LogP contribution in [0.3, 0.4) is 0 Å². The Balaban J connectivity index is 1.55. The van der Waals surface area contributed by atoms with Crippen molar-refractivity contribution in [3.8, 4) is 5.75 Å². The smallest absolute Gasteiger partial charge is 0.238 e. The van der Waals surface area contributed by atoms with Gasteiger partial charge in [-0.2, -0.15) is 0 Å². The molecule has 4 aromatic rings. The molecule has 1 spiro atoms. The molecule has 1 saturated heterocycles. The van der Waals surface area contributed by atoms with E-state index in [2.05, 4.69) is 11.4 Å². The number of carbonyl (C=O) groups is 3. The zero-order valence-corrected chi connectivity index (χ0v) is 23.6. The lowest BCUT2D eigenvalue weighted by molar-refractivity contribution is -0.121. The van der Waals surface area contributed by atoms with Crippen LogP contribution in [-0.4, -0.2) is 36.7 Å². The molecule has 1 amide bonds. The monoisotopic (exact) mass is 554 g/mol. The van der Waals surface area contributed by atoms with E-state index in [-0.39, 0.29) is 17.5 Å². The number of Topliss-reactive ketones (excluding diaryl/α,β-unsaturated/α-hetero) is 2. The van der Waals surface area contributed by atoms with Gasteiger partial charge in [0.1, 0.15) is 17.2 Å². The number of hydrogen-bond donors (Lipinski definition) is 1. The van der Waals surface area contributed by atoms with Gasteiger partial charge in [0.05, 0.1) is 19.1 Å². The van der Waals surface area contributed by atoms with Gasteiger partial charge in [0.15, 0.2) is 11.6 Å². The number of hydrogen-bond acceptors (Lipinski definition) is 5. The van der Waals surface area contributed by atoms with E-state index in [0.29, 0.717) is 22.6 Å². The Labute approximate surface area is 244 Å². The van der Waals surface area contributed by atoms with Crippen molar-refractivity contribution in [1.29, 1.82) is 0 Å². The van der Waals surface area contributed by atoms with Crippen molar-refractivity contribution in [3.05, 3.63) is 131 Å². The lowest BCUT2D eigenvalue weighted by Gasteiger charge is -2.39. The summed E-state index contributed by atoms with van der Waals surface area (Å²) in [6, 6.07) is 28.3. The Bertz CT molecular complexity index is 1810. The SMILES string of the molecule is COc1cccc(C(=O)[C@@H]2[C@@H](C(=O)c3ccc(C)cc3)[C@@]3(C(=O)Nc4ccccc43)[C@H]3C=C(C)c4ccccc4N23)c1. The minimum atomic E-state index is -1.34. The first kappa shape index (κ1) is 26.0. The van der Waals surface area contributed by atoms with Gasteiger partial charge in [0.25, 0.3) is 0 Å². The molecule has 0 radical (unpaired) electrons. The molecule has 0 aliphatic carbocycles. The number of rotatable bonds is 5. The van der Waals surface area contributed by atoms with Crippen LogP contribution in [0.15, 0.2) is 103 Å². The van der Waals surface area contributed by atoms with Crippen molar-refractivity contribution >= 4 is 34.4 Å². The number of benzene rings is 4. The van der Waals surface area contributed by atoms with Crippen LogP contribution in [0.4, 0.5) is 11.4 Å². The molecule has 4 atom stereocenters. The van der Waals surface area contributed by atoms with Gasteiger partial charge in [-0.05, 0) is 49.2 Å². The zero-order valence-electron chi connectivity index (χ0n) is 23.6. The summed E-state index contributed by atoms with van der Waals surface area (Å²) in [7, 11) is 1.56. The number of fused-ring (bicyclic) bond motifs is 6. The van der Waals surface area contributed by atoms with Gasteiger partial charge < -0.3 is 15.0 Å². The van der Waals surface area contributed by atoms with Crippen LogP contribution in [0.25, 0.3) is 5.57 Å². The highest BCUT2D eigenvalue weighted by molar-refractivity contribution is 6.18. The van der Waals surface area contributed by atoms with Gasteiger partial charge in [-0.1, -0.05) is 84.4 Å². The second-order valence-corrected chi connectivity index (χ2v) is 11.3.